The van der Waals surface area contributed by atoms with E-state index < -0.39 is 0 Å². The van der Waals surface area contributed by atoms with Gasteiger partial charge in [0, 0.05) is 51.5 Å². The van der Waals surface area contributed by atoms with Crippen LogP contribution < -0.4 is 25.4 Å². The Morgan fingerprint density at radius 3 is 2.58 bits per heavy atom. The summed E-state index contributed by atoms with van der Waals surface area (Å²) in [6.45, 7) is 11.5. The van der Waals surface area contributed by atoms with Crippen LogP contribution in [0.2, 0.25) is 0 Å². The molecule has 0 radical (unpaired) electrons. The largest absolute Gasteiger partial charge is 0.490 e. The van der Waals surface area contributed by atoms with E-state index in [1.165, 1.54) is 0 Å². The number of rotatable bonds is 11. The Balaban J connectivity index is 1.47. The number of ether oxygens (including phenoxy) is 2. The SMILES string of the molecule is CCOc1cc(CNCCN2CCNCC2)ccc1OCC(=O)Nc1ccc(C)cc1. The van der Waals surface area contributed by atoms with E-state index in [-0.39, 0.29) is 12.5 Å². The number of piperazine rings is 1. The lowest BCUT2D eigenvalue weighted by Gasteiger charge is -2.27. The van der Waals surface area contributed by atoms with Gasteiger partial charge in [-0.3, -0.25) is 9.69 Å². The fraction of sp³-hybridized carbons (Fsp3) is 0.458. The quantitative estimate of drug-likeness (QED) is 0.479. The van der Waals surface area contributed by atoms with Crippen molar-refractivity contribution in [3.8, 4) is 11.5 Å². The lowest BCUT2D eigenvalue weighted by atomic mass is 10.2. The molecule has 1 aliphatic heterocycles. The minimum absolute atomic E-state index is 0.0732. The fourth-order valence-corrected chi connectivity index (χ4v) is 3.43. The molecular formula is C24H34N4O3. The van der Waals surface area contributed by atoms with E-state index in [1.807, 2.05) is 56.3 Å². The highest BCUT2D eigenvalue weighted by Crippen LogP contribution is 2.28. The number of aryl methyl sites for hydroxylation is 1. The van der Waals surface area contributed by atoms with Gasteiger partial charge in [0.05, 0.1) is 6.61 Å². The summed E-state index contributed by atoms with van der Waals surface area (Å²) in [5.41, 5.74) is 3.03. The number of nitrogens with one attached hydrogen (secondary N) is 3. The summed E-state index contributed by atoms with van der Waals surface area (Å²) in [6, 6.07) is 13.5. The third-order valence-electron chi connectivity index (χ3n) is 5.15. The highest BCUT2D eigenvalue weighted by molar-refractivity contribution is 5.91. The second kappa shape index (κ2) is 12.3. The van der Waals surface area contributed by atoms with Gasteiger partial charge in [-0.25, -0.2) is 0 Å². The molecule has 3 rings (SSSR count). The van der Waals surface area contributed by atoms with Crippen molar-refractivity contribution in [3.05, 3.63) is 53.6 Å². The van der Waals surface area contributed by atoms with Crippen molar-refractivity contribution < 1.29 is 14.3 Å². The third kappa shape index (κ3) is 7.86. The monoisotopic (exact) mass is 426 g/mol. The average molecular weight is 427 g/mol. The molecule has 1 amide bonds. The molecule has 1 aliphatic rings. The van der Waals surface area contributed by atoms with E-state index in [0.717, 1.165) is 62.6 Å². The van der Waals surface area contributed by atoms with Gasteiger partial charge in [-0.05, 0) is 43.7 Å². The molecule has 3 N–H and O–H groups in total. The van der Waals surface area contributed by atoms with Crippen LogP contribution in [0.15, 0.2) is 42.5 Å². The topological polar surface area (TPSA) is 74.9 Å². The van der Waals surface area contributed by atoms with Crippen molar-refractivity contribution in [2.45, 2.75) is 20.4 Å². The van der Waals surface area contributed by atoms with Gasteiger partial charge >= 0.3 is 0 Å². The molecule has 0 atom stereocenters. The average Bonchev–Trinajstić information content (AvgIpc) is 2.79. The van der Waals surface area contributed by atoms with Crippen LogP contribution in [0.4, 0.5) is 5.69 Å². The molecule has 2 aromatic rings. The molecular weight excluding hydrogens is 392 g/mol. The number of hydrogen-bond donors (Lipinski definition) is 3. The molecule has 168 valence electrons. The van der Waals surface area contributed by atoms with Crippen LogP contribution in [0, 0.1) is 6.92 Å². The van der Waals surface area contributed by atoms with Crippen LogP contribution in [0.3, 0.4) is 0 Å². The summed E-state index contributed by atoms with van der Waals surface area (Å²) in [5.74, 6) is 1.03. The first-order chi connectivity index (χ1) is 15.1. The molecule has 2 aromatic carbocycles. The van der Waals surface area contributed by atoms with Gasteiger partial charge in [-0.15, -0.1) is 0 Å². The number of anilines is 1. The van der Waals surface area contributed by atoms with Gasteiger partial charge in [0.25, 0.3) is 5.91 Å². The summed E-state index contributed by atoms with van der Waals surface area (Å²) in [4.78, 5) is 14.7. The standard InChI is InChI=1S/C24H34N4O3/c1-3-30-23-16-20(17-26-12-15-28-13-10-25-11-14-28)6-9-22(23)31-18-24(29)27-21-7-4-19(2)5-8-21/h4-9,16,25-26H,3,10-15,17-18H2,1-2H3,(H,27,29). The fourth-order valence-electron chi connectivity index (χ4n) is 3.43. The van der Waals surface area contributed by atoms with Crippen molar-refractivity contribution in [1.29, 1.82) is 0 Å². The molecule has 0 aromatic heterocycles. The molecule has 7 nitrogen and oxygen atoms in total. The molecule has 0 saturated carbocycles. The maximum Gasteiger partial charge on any atom is 0.262 e. The third-order valence-corrected chi connectivity index (χ3v) is 5.15. The molecule has 7 heteroatoms. The van der Waals surface area contributed by atoms with Crippen molar-refractivity contribution in [1.82, 2.24) is 15.5 Å². The van der Waals surface area contributed by atoms with Crippen molar-refractivity contribution in [2.24, 2.45) is 0 Å². The van der Waals surface area contributed by atoms with E-state index in [0.29, 0.717) is 18.1 Å². The Labute approximate surface area is 185 Å². The Morgan fingerprint density at radius 2 is 1.84 bits per heavy atom. The normalized spacial score (nSPS) is 14.3. The first-order valence-corrected chi connectivity index (χ1v) is 11.0. The number of benzene rings is 2. The van der Waals surface area contributed by atoms with Crippen LogP contribution in [0.5, 0.6) is 11.5 Å². The lowest BCUT2D eigenvalue weighted by Crippen LogP contribution is -2.45. The molecule has 1 heterocycles. The second-order valence-corrected chi connectivity index (χ2v) is 7.69. The summed E-state index contributed by atoms with van der Waals surface area (Å²) < 4.78 is 11.5. The summed E-state index contributed by atoms with van der Waals surface area (Å²) in [7, 11) is 0. The predicted molar refractivity (Wildman–Crippen MR) is 124 cm³/mol. The van der Waals surface area contributed by atoms with E-state index in [2.05, 4.69) is 20.9 Å². The maximum absolute atomic E-state index is 12.2. The molecule has 0 bridgehead atoms. The molecule has 0 aliphatic carbocycles. The summed E-state index contributed by atoms with van der Waals surface area (Å²) in [5, 5.41) is 9.71. The van der Waals surface area contributed by atoms with Crippen LogP contribution in [0.1, 0.15) is 18.1 Å². The Bertz CT molecular complexity index is 820. The zero-order chi connectivity index (χ0) is 21.9. The van der Waals surface area contributed by atoms with Crippen LogP contribution in [-0.4, -0.2) is 63.3 Å². The Hall–Kier alpha value is -2.61. The minimum Gasteiger partial charge on any atom is -0.490 e. The highest BCUT2D eigenvalue weighted by atomic mass is 16.5. The van der Waals surface area contributed by atoms with Crippen LogP contribution in [0.25, 0.3) is 0 Å². The number of nitrogens with zero attached hydrogens (tertiary/aromatic N) is 1. The van der Waals surface area contributed by atoms with Crippen molar-refractivity contribution in [2.75, 3.05) is 57.8 Å². The first-order valence-electron chi connectivity index (χ1n) is 11.0. The van der Waals surface area contributed by atoms with Gasteiger partial charge in [0.2, 0.25) is 0 Å². The smallest absolute Gasteiger partial charge is 0.262 e. The summed E-state index contributed by atoms with van der Waals surface area (Å²) in [6.07, 6.45) is 0. The van der Waals surface area contributed by atoms with Crippen molar-refractivity contribution in [3.63, 3.8) is 0 Å². The van der Waals surface area contributed by atoms with E-state index in [1.54, 1.807) is 0 Å². The van der Waals surface area contributed by atoms with Crippen molar-refractivity contribution >= 4 is 11.6 Å². The Morgan fingerprint density at radius 1 is 1.06 bits per heavy atom. The second-order valence-electron chi connectivity index (χ2n) is 7.69. The number of carbonyl (C=O) groups excluding carboxylic acids is 1. The Kier molecular flexibility index (Phi) is 9.15. The number of carbonyl (C=O) groups is 1. The summed E-state index contributed by atoms with van der Waals surface area (Å²) >= 11 is 0. The van der Waals surface area contributed by atoms with E-state index in [4.69, 9.17) is 9.47 Å². The van der Waals surface area contributed by atoms with Gasteiger partial charge in [0.15, 0.2) is 18.1 Å². The van der Waals surface area contributed by atoms with Crippen LogP contribution in [-0.2, 0) is 11.3 Å². The van der Waals surface area contributed by atoms with Gasteiger partial charge < -0.3 is 25.4 Å². The molecule has 1 saturated heterocycles. The van der Waals surface area contributed by atoms with Gasteiger partial charge in [0.1, 0.15) is 0 Å². The zero-order valence-corrected chi connectivity index (χ0v) is 18.6. The first kappa shape index (κ1) is 23.1. The number of hydrogen-bond acceptors (Lipinski definition) is 6. The van der Waals surface area contributed by atoms with E-state index >= 15 is 0 Å². The van der Waals surface area contributed by atoms with Gasteiger partial charge in [-0.2, -0.15) is 0 Å². The molecule has 0 unspecified atom stereocenters. The molecule has 0 spiro atoms. The zero-order valence-electron chi connectivity index (χ0n) is 18.6. The minimum atomic E-state index is -0.204. The lowest BCUT2D eigenvalue weighted by molar-refractivity contribution is -0.118. The maximum atomic E-state index is 12.2. The van der Waals surface area contributed by atoms with E-state index in [9.17, 15) is 4.79 Å². The highest BCUT2D eigenvalue weighted by Gasteiger charge is 2.11. The van der Waals surface area contributed by atoms with Gasteiger partial charge in [-0.1, -0.05) is 23.8 Å². The number of amides is 1. The predicted octanol–water partition coefficient (Wildman–Crippen LogP) is 2.41. The molecule has 1 fully saturated rings. The molecule has 31 heavy (non-hydrogen) atoms. The van der Waals surface area contributed by atoms with Crippen LogP contribution >= 0.6 is 0 Å².